The van der Waals surface area contributed by atoms with Crippen molar-refractivity contribution in [3.63, 3.8) is 0 Å². The van der Waals surface area contributed by atoms with Crippen molar-refractivity contribution >= 4 is 14.0 Å². The van der Waals surface area contributed by atoms with E-state index < -0.39 is 8.07 Å². The molecule has 0 aromatic heterocycles. The fourth-order valence-corrected chi connectivity index (χ4v) is 3.14. The van der Waals surface area contributed by atoms with E-state index in [0.717, 1.165) is 19.4 Å². The minimum atomic E-state index is -1.21. The Morgan fingerprint density at radius 3 is 2.44 bits per heavy atom. The van der Waals surface area contributed by atoms with E-state index in [1.807, 2.05) is 0 Å². The van der Waals surface area contributed by atoms with Crippen molar-refractivity contribution in [1.82, 2.24) is 5.32 Å². The van der Waals surface area contributed by atoms with Gasteiger partial charge in [0.1, 0.15) is 0 Å². The second kappa shape index (κ2) is 10.4. The Morgan fingerprint density at radius 1 is 1.17 bits per heavy atom. The van der Waals surface area contributed by atoms with Crippen LogP contribution in [-0.4, -0.2) is 20.5 Å². The molecule has 18 heavy (non-hydrogen) atoms. The van der Waals surface area contributed by atoms with E-state index >= 15 is 0 Å². The topological polar surface area (TPSA) is 29.1 Å². The first kappa shape index (κ1) is 17.4. The molecule has 1 amide bonds. The van der Waals surface area contributed by atoms with Crippen molar-refractivity contribution in [2.45, 2.75) is 71.0 Å². The third-order valence-corrected chi connectivity index (χ3v) is 6.13. The molecule has 106 valence electrons. The van der Waals surface area contributed by atoms with Gasteiger partial charge in [0.2, 0.25) is 5.91 Å². The molecule has 3 heteroatoms. The zero-order valence-corrected chi connectivity index (χ0v) is 13.6. The lowest BCUT2D eigenvalue weighted by Gasteiger charge is -2.16. The number of carbonyl (C=O) groups is 1. The highest BCUT2D eigenvalue weighted by Crippen LogP contribution is 2.14. The molecule has 0 heterocycles. The number of carbonyl (C=O) groups excluding carboxylic acids is 1. The van der Waals surface area contributed by atoms with E-state index in [2.05, 4.69) is 37.6 Å². The normalized spacial score (nSPS) is 11.3. The number of rotatable bonds is 11. The third kappa shape index (κ3) is 10.6. The maximum absolute atomic E-state index is 11.6. The number of nitrogens with one attached hydrogen (secondary N) is 1. The van der Waals surface area contributed by atoms with Crippen molar-refractivity contribution < 1.29 is 4.79 Å². The minimum absolute atomic E-state index is 0.222. The van der Waals surface area contributed by atoms with Gasteiger partial charge in [-0.2, -0.15) is 0 Å². The molecule has 0 aliphatic rings. The van der Waals surface area contributed by atoms with E-state index in [0.29, 0.717) is 6.42 Å². The molecule has 0 aromatic carbocycles. The standard InChI is InChI=1S/C15H31NOSi/c1-5-7-8-9-10-13-16-15(17)12-11-14-18(3,4)6-2/h6H,2,5,7-14H2,1,3-4H3,(H,16,17). The molecule has 0 radical (unpaired) electrons. The second-order valence-electron chi connectivity index (χ2n) is 5.81. The summed E-state index contributed by atoms with van der Waals surface area (Å²) >= 11 is 0. The van der Waals surface area contributed by atoms with Gasteiger partial charge in [0.15, 0.2) is 0 Å². The van der Waals surface area contributed by atoms with E-state index in [1.54, 1.807) is 0 Å². The van der Waals surface area contributed by atoms with Crippen LogP contribution in [0.5, 0.6) is 0 Å². The van der Waals surface area contributed by atoms with E-state index in [9.17, 15) is 4.79 Å². The summed E-state index contributed by atoms with van der Waals surface area (Å²) in [7, 11) is -1.21. The quantitative estimate of drug-likeness (QED) is 0.440. The average molecular weight is 270 g/mol. The molecular weight excluding hydrogens is 238 g/mol. The maximum Gasteiger partial charge on any atom is 0.219 e. The molecule has 0 aromatic rings. The Balaban J connectivity index is 3.41. The lowest BCUT2D eigenvalue weighted by atomic mass is 10.1. The zero-order valence-electron chi connectivity index (χ0n) is 12.6. The van der Waals surface area contributed by atoms with Crippen LogP contribution < -0.4 is 5.32 Å². The van der Waals surface area contributed by atoms with Crippen molar-refractivity contribution in [1.29, 1.82) is 0 Å². The first-order valence-corrected chi connectivity index (χ1v) is 10.7. The molecule has 0 unspecified atom stereocenters. The van der Waals surface area contributed by atoms with Crippen LogP contribution >= 0.6 is 0 Å². The summed E-state index contributed by atoms with van der Waals surface area (Å²) in [5.41, 5.74) is 2.11. The number of hydrogen-bond donors (Lipinski definition) is 1. The monoisotopic (exact) mass is 269 g/mol. The number of unbranched alkanes of at least 4 members (excludes halogenated alkanes) is 4. The Morgan fingerprint density at radius 2 is 1.83 bits per heavy atom. The Bertz CT molecular complexity index is 239. The van der Waals surface area contributed by atoms with Gasteiger partial charge in [-0.3, -0.25) is 4.79 Å². The van der Waals surface area contributed by atoms with Crippen LogP contribution in [0.25, 0.3) is 0 Å². The Labute approximate surface area is 114 Å². The van der Waals surface area contributed by atoms with Gasteiger partial charge in [-0.05, 0) is 12.8 Å². The van der Waals surface area contributed by atoms with Crippen molar-refractivity contribution in [3.05, 3.63) is 12.3 Å². The van der Waals surface area contributed by atoms with Crippen molar-refractivity contribution in [2.24, 2.45) is 0 Å². The molecule has 0 rings (SSSR count). The summed E-state index contributed by atoms with van der Waals surface area (Å²) in [6, 6.07) is 1.17. The molecule has 0 saturated carbocycles. The second-order valence-corrected chi connectivity index (χ2v) is 10.7. The molecule has 0 aliphatic carbocycles. The van der Waals surface area contributed by atoms with Crippen LogP contribution in [-0.2, 0) is 4.79 Å². The fourth-order valence-electron chi connectivity index (χ4n) is 1.85. The summed E-state index contributed by atoms with van der Waals surface area (Å²) in [5.74, 6) is 0.222. The largest absolute Gasteiger partial charge is 0.356 e. The predicted molar refractivity (Wildman–Crippen MR) is 83.5 cm³/mol. The Hall–Kier alpha value is -0.573. The predicted octanol–water partition coefficient (Wildman–Crippen LogP) is 4.29. The summed E-state index contributed by atoms with van der Waals surface area (Å²) in [6.07, 6.45) is 7.94. The minimum Gasteiger partial charge on any atom is -0.356 e. The van der Waals surface area contributed by atoms with E-state index in [4.69, 9.17) is 0 Å². The molecule has 0 bridgehead atoms. The van der Waals surface area contributed by atoms with Gasteiger partial charge in [-0.1, -0.05) is 51.7 Å². The van der Waals surface area contributed by atoms with Crippen LogP contribution in [0.2, 0.25) is 19.1 Å². The molecular formula is C15H31NOSi. The van der Waals surface area contributed by atoms with Crippen LogP contribution in [0, 0.1) is 0 Å². The number of hydrogen-bond acceptors (Lipinski definition) is 1. The van der Waals surface area contributed by atoms with Crippen LogP contribution in [0.1, 0.15) is 51.9 Å². The Kier molecular flexibility index (Phi) is 10.0. The summed E-state index contributed by atoms with van der Waals surface area (Å²) in [4.78, 5) is 11.6. The van der Waals surface area contributed by atoms with Gasteiger partial charge in [0.05, 0.1) is 8.07 Å². The van der Waals surface area contributed by atoms with E-state index in [-0.39, 0.29) is 5.91 Å². The van der Waals surface area contributed by atoms with Crippen LogP contribution in [0.15, 0.2) is 12.3 Å². The molecule has 2 nitrogen and oxygen atoms in total. The molecule has 0 atom stereocenters. The molecule has 1 N–H and O–H groups in total. The first-order valence-electron chi connectivity index (χ1n) is 7.42. The van der Waals surface area contributed by atoms with Crippen molar-refractivity contribution in [2.75, 3.05) is 6.54 Å². The van der Waals surface area contributed by atoms with E-state index in [1.165, 1.54) is 31.7 Å². The van der Waals surface area contributed by atoms with Gasteiger partial charge in [0.25, 0.3) is 0 Å². The average Bonchev–Trinajstić information content (AvgIpc) is 2.33. The highest BCUT2D eigenvalue weighted by Gasteiger charge is 2.15. The molecule has 0 fully saturated rings. The van der Waals surface area contributed by atoms with Gasteiger partial charge in [-0.15, -0.1) is 12.3 Å². The van der Waals surface area contributed by atoms with Crippen LogP contribution in [0.3, 0.4) is 0 Å². The van der Waals surface area contributed by atoms with Gasteiger partial charge in [0, 0.05) is 13.0 Å². The SMILES string of the molecule is C=C[Si](C)(C)CCCC(=O)NCCCCCCC. The molecule has 0 aliphatic heterocycles. The highest BCUT2D eigenvalue weighted by atomic mass is 28.3. The lowest BCUT2D eigenvalue weighted by molar-refractivity contribution is -0.121. The summed E-state index contributed by atoms with van der Waals surface area (Å²) in [5, 5.41) is 3.01. The third-order valence-electron chi connectivity index (χ3n) is 3.38. The summed E-state index contributed by atoms with van der Waals surface area (Å²) in [6.45, 7) is 11.5. The highest BCUT2D eigenvalue weighted by molar-refractivity contribution is 6.82. The smallest absolute Gasteiger partial charge is 0.219 e. The number of amides is 1. The lowest BCUT2D eigenvalue weighted by Crippen LogP contribution is -2.26. The van der Waals surface area contributed by atoms with Gasteiger partial charge < -0.3 is 5.32 Å². The fraction of sp³-hybridized carbons (Fsp3) is 0.800. The maximum atomic E-state index is 11.6. The van der Waals surface area contributed by atoms with Crippen molar-refractivity contribution in [3.8, 4) is 0 Å². The molecule has 0 spiro atoms. The van der Waals surface area contributed by atoms with Crippen LogP contribution in [0.4, 0.5) is 0 Å². The van der Waals surface area contributed by atoms with Gasteiger partial charge in [-0.25, -0.2) is 0 Å². The zero-order chi connectivity index (χ0) is 13.9. The van der Waals surface area contributed by atoms with Gasteiger partial charge >= 0.3 is 0 Å². The molecule has 0 saturated heterocycles. The first-order chi connectivity index (χ1) is 8.52. The summed E-state index contributed by atoms with van der Waals surface area (Å²) < 4.78 is 0.